The van der Waals surface area contributed by atoms with Crippen LogP contribution < -0.4 is 0 Å². The molecule has 0 aromatic carbocycles. The van der Waals surface area contributed by atoms with E-state index < -0.39 is 8.07 Å². The third kappa shape index (κ3) is 2.59. The SMILES string of the molecule is C[Si](C)(C)Cn1[nH]cnc1=S. The van der Waals surface area contributed by atoms with Gasteiger partial charge < -0.3 is 0 Å². The van der Waals surface area contributed by atoms with Crippen LogP contribution in [0.25, 0.3) is 0 Å². The van der Waals surface area contributed by atoms with Crippen LogP contribution in [0.2, 0.25) is 19.6 Å². The third-order valence-corrected chi connectivity index (χ3v) is 2.84. The van der Waals surface area contributed by atoms with E-state index in [-0.39, 0.29) is 0 Å². The van der Waals surface area contributed by atoms with Crippen molar-refractivity contribution in [2.45, 2.75) is 25.8 Å². The highest BCUT2D eigenvalue weighted by Crippen LogP contribution is 2.03. The number of hydrogen-bond acceptors (Lipinski definition) is 2. The maximum atomic E-state index is 5.00. The first-order valence-electron chi connectivity index (χ1n) is 3.59. The highest BCUT2D eigenvalue weighted by atomic mass is 32.1. The summed E-state index contributed by atoms with van der Waals surface area (Å²) in [6.45, 7) is 6.90. The van der Waals surface area contributed by atoms with E-state index in [4.69, 9.17) is 12.2 Å². The van der Waals surface area contributed by atoms with Crippen molar-refractivity contribution in [2.75, 3.05) is 0 Å². The lowest BCUT2D eigenvalue weighted by molar-refractivity contribution is 0.712. The average Bonchev–Trinajstić information content (AvgIpc) is 2.12. The molecule has 0 atom stereocenters. The van der Waals surface area contributed by atoms with Crippen LogP contribution in [-0.4, -0.2) is 22.8 Å². The lowest BCUT2D eigenvalue weighted by atomic mass is 11.2. The largest absolute Gasteiger partial charge is 0.286 e. The zero-order valence-electron chi connectivity index (χ0n) is 7.09. The first kappa shape index (κ1) is 8.67. The summed E-state index contributed by atoms with van der Waals surface area (Å²) in [5.74, 6) is 0. The van der Waals surface area contributed by atoms with Gasteiger partial charge in [0.25, 0.3) is 0 Å². The van der Waals surface area contributed by atoms with E-state index in [0.717, 1.165) is 6.17 Å². The highest BCUT2D eigenvalue weighted by Gasteiger charge is 2.14. The fourth-order valence-electron chi connectivity index (χ4n) is 0.866. The molecule has 0 aliphatic heterocycles. The van der Waals surface area contributed by atoms with E-state index >= 15 is 0 Å². The van der Waals surface area contributed by atoms with Crippen LogP contribution in [0.4, 0.5) is 0 Å². The number of aromatic nitrogens is 3. The Morgan fingerprint density at radius 2 is 2.27 bits per heavy atom. The molecule has 0 unspecified atom stereocenters. The van der Waals surface area contributed by atoms with E-state index in [9.17, 15) is 0 Å². The molecule has 0 radical (unpaired) electrons. The number of aromatic amines is 1. The Morgan fingerprint density at radius 1 is 1.64 bits per heavy atom. The minimum Gasteiger partial charge on any atom is -0.286 e. The van der Waals surface area contributed by atoms with Crippen molar-refractivity contribution in [3.63, 3.8) is 0 Å². The van der Waals surface area contributed by atoms with Crippen LogP contribution in [0.1, 0.15) is 0 Å². The van der Waals surface area contributed by atoms with Crippen molar-refractivity contribution in [1.82, 2.24) is 14.8 Å². The molecule has 0 aliphatic carbocycles. The minimum atomic E-state index is -1.07. The van der Waals surface area contributed by atoms with Gasteiger partial charge in [-0.1, -0.05) is 19.6 Å². The summed E-state index contributed by atoms with van der Waals surface area (Å²) in [6, 6.07) is 0. The molecule has 0 aliphatic rings. The van der Waals surface area contributed by atoms with Crippen molar-refractivity contribution < 1.29 is 0 Å². The Hall–Kier alpha value is -0.423. The summed E-state index contributed by atoms with van der Waals surface area (Å²) < 4.78 is 2.59. The molecule has 0 saturated heterocycles. The normalized spacial score (nSPS) is 11.9. The predicted octanol–water partition coefficient (Wildman–Crippen LogP) is 1.82. The smallest absolute Gasteiger partial charge is 0.215 e. The number of hydrogen-bond donors (Lipinski definition) is 1. The van der Waals surface area contributed by atoms with Gasteiger partial charge in [0.2, 0.25) is 4.77 Å². The summed E-state index contributed by atoms with van der Waals surface area (Å²) >= 11 is 5.00. The molecule has 11 heavy (non-hydrogen) atoms. The Kier molecular flexibility index (Phi) is 2.29. The molecule has 1 N–H and O–H groups in total. The Balaban J connectivity index is 2.80. The van der Waals surface area contributed by atoms with Gasteiger partial charge in [-0.05, 0) is 12.2 Å². The molecule has 5 heteroatoms. The summed E-state index contributed by atoms with van der Waals surface area (Å²) in [5, 5.41) is 3.00. The molecule has 0 fully saturated rings. The van der Waals surface area contributed by atoms with Gasteiger partial charge in [0.05, 0.1) is 8.07 Å². The van der Waals surface area contributed by atoms with Crippen molar-refractivity contribution in [1.29, 1.82) is 0 Å². The monoisotopic (exact) mass is 187 g/mol. The molecule has 1 rings (SSSR count). The van der Waals surface area contributed by atoms with E-state index in [1.807, 2.05) is 4.68 Å². The molecule has 0 saturated carbocycles. The van der Waals surface area contributed by atoms with Crippen LogP contribution in [0.3, 0.4) is 0 Å². The van der Waals surface area contributed by atoms with Crippen molar-refractivity contribution in [3.8, 4) is 0 Å². The van der Waals surface area contributed by atoms with Gasteiger partial charge in [-0.15, -0.1) is 0 Å². The van der Waals surface area contributed by atoms with E-state index in [0.29, 0.717) is 4.77 Å². The van der Waals surface area contributed by atoms with Gasteiger partial charge in [-0.3, -0.25) is 9.78 Å². The maximum Gasteiger partial charge on any atom is 0.215 e. The molecular formula is C6H13N3SSi. The summed E-state index contributed by atoms with van der Waals surface area (Å²) in [7, 11) is -1.07. The minimum absolute atomic E-state index is 0.660. The molecule has 0 bridgehead atoms. The second-order valence-electron chi connectivity index (χ2n) is 3.82. The number of nitrogens with one attached hydrogen (secondary N) is 1. The van der Waals surface area contributed by atoms with Crippen LogP contribution in [-0.2, 0) is 6.17 Å². The van der Waals surface area contributed by atoms with Crippen LogP contribution in [0, 0.1) is 4.77 Å². The maximum absolute atomic E-state index is 5.00. The standard InChI is InChI=1S/C6H13N3SSi/c1-11(2,3)5-9-6(10)7-4-8-9/h4H,5H2,1-3H3,(H,7,8,10). The molecule has 62 valence electrons. The van der Waals surface area contributed by atoms with Crippen LogP contribution >= 0.6 is 12.2 Å². The zero-order valence-corrected chi connectivity index (χ0v) is 8.90. The van der Waals surface area contributed by atoms with Crippen molar-refractivity contribution in [3.05, 3.63) is 11.1 Å². The van der Waals surface area contributed by atoms with E-state index in [2.05, 4.69) is 29.7 Å². The summed E-state index contributed by atoms with van der Waals surface area (Å²) in [6.07, 6.45) is 2.66. The summed E-state index contributed by atoms with van der Waals surface area (Å²) in [4.78, 5) is 3.95. The Bertz CT molecular complexity index is 283. The van der Waals surface area contributed by atoms with Gasteiger partial charge >= 0.3 is 0 Å². The fraction of sp³-hybridized carbons (Fsp3) is 0.667. The second kappa shape index (κ2) is 2.90. The number of H-pyrrole nitrogens is 1. The van der Waals surface area contributed by atoms with Gasteiger partial charge in [-0.25, -0.2) is 4.98 Å². The molecule has 0 amide bonds. The predicted molar refractivity (Wildman–Crippen MR) is 50.8 cm³/mol. The topological polar surface area (TPSA) is 33.6 Å². The number of nitrogens with zero attached hydrogens (tertiary/aromatic N) is 2. The molecule has 3 nitrogen and oxygen atoms in total. The lowest BCUT2D eigenvalue weighted by Gasteiger charge is -2.15. The molecule has 1 aromatic rings. The lowest BCUT2D eigenvalue weighted by Crippen LogP contribution is -2.28. The highest BCUT2D eigenvalue weighted by molar-refractivity contribution is 7.71. The van der Waals surface area contributed by atoms with Gasteiger partial charge in [0.15, 0.2) is 0 Å². The van der Waals surface area contributed by atoms with Gasteiger partial charge in [0, 0.05) is 6.17 Å². The fourth-order valence-corrected chi connectivity index (χ4v) is 2.34. The molecule has 1 aromatic heterocycles. The zero-order chi connectivity index (χ0) is 8.48. The summed E-state index contributed by atoms with van der Waals surface area (Å²) in [5.41, 5.74) is 0. The Morgan fingerprint density at radius 3 is 2.64 bits per heavy atom. The number of rotatable bonds is 2. The van der Waals surface area contributed by atoms with Gasteiger partial charge in [0.1, 0.15) is 6.33 Å². The second-order valence-corrected chi connectivity index (χ2v) is 9.62. The van der Waals surface area contributed by atoms with Crippen LogP contribution in [0.15, 0.2) is 6.33 Å². The Labute approximate surface area is 72.5 Å². The molecular weight excluding hydrogens is 174 g/mol. The van der Waals surface area contributed by atoms with Gasteiger partial charge in [-0.2, -0.15) is 0 Å². The van der Waals surface area contributed by atoms with Crippen molar-refractivity contribution in [2.24, 2.45) is 0 Å². The van der Waals surface area contributed by atoms with E-state index in [1.165, 1.54) is 0 Å². The average molecular weight is 187 g/mol. The van der Waals surface area contributed by atoms with Crippen LogP contribution in [0.5, 0.6) is 0 Å². The molecule has 0 spiro atoms. The molecule has 1 heterocycles. The van der Waals surface area contributed by atoms with Crippen molar-refractivity contribution >= 4 is 20.3 Å². The first-order chi connectivity index (χ1) is 4.99. The quantitative estimate of drug-likeness (QED) is 0.566. The van der Waals surface area contributed by atoms with E-state index in [1.54, 1.807) is 6.33 Å². The first-order valence-corrected chi connectivity index (χ1v) is 7.71. The third-order valence-electron chi connectivity index (χ3n) is 1.25.